The first kappa shape index (κ1) is 14.4. The molecule has 114 valence electrons. The summed E-state index contributed by atoms with van der Waals surface area (Å²) in [6, 6.07) is 0.782. The Balaban J connectivity index is 1.95. The molecule has 1 amide bonds. The van der Waals surface area contributed by atoms with Gasteiger partial charge in [-0.3, -0.25) is 9.78 Å². The van der Waals surface area contributed by atoms with Gasteiger partial charge in [-0.15, -0.1) is 0 Å². The minimum atomic E-state index is -3.07. The summed E-state index contributed by atoms with van der Waals surface area (Å²) in [4.78, 5) is 17.9. The highest BCUT2D eigenvalue weighted by molar-refractivity contribution is 5.87. The van der Waals surface area contributed by atoms with Crippen LogP contribution in [0.2, 0.25) is 0 Å². The molecule has 0 aliphatic carbocycles. The standard InChI is InChI=1S/C15H17F3N2O/c1-14(15(2,17)18)6-11-3-4-12(20(11)13(14)21)9-5-10(16)8-19-7-9/h5,7-8,11-12H,3-4,6H2,1-2H3/t11-,12?,14?/m0/s1. The second-order valence-electron chi connectivity index (χ2n) is 6.32. The summed E-state index contributed by atoms with van der Waals surface area (Å²) >= 11 is 0. The summed E-state index contributed by atoms with van der Waals surface area (Å²) < 4.78 is 41.0. The molecule has 1 aromatic rings. The molecule has 3 nitrogen and oxygen atoms in total. The zero-order valence-electron chi connectivity index (χ0n) is 11.9. The number of alkyl halides is 2. The van der Waals surface area contributed by atoms with Crippen molar-refractivity contribution < 1.29 is 18.0 Å². The number of halogens is 3. The molecule has 2 aliphatic heterocycles. The summed E-state index contributed by atoms with van der Waals surface area (Å²) in [5.74, 6) is -4.09. The van der Waals surface area contributed by atoms with Crippen molar-refractivity contribution in [3.63, 3.8) is 0 Å². The molecule has 21 heavy (non-hydrogen) atoms. The minimum absolute atomic E-state index is 0.147. The first-order valence-electron chi connectivity index (χ1n) is 7.05. The Kier molecular flexibility index (Phi) is 3.04. The molecule has 2 aliphatic rings. The number of hydrogen-bond acceptors (Lipinski definition) is 2. The van der Waals surface area contributed by atoms with Gasteiger partial charge in [0.15, 0.2) is 0 Å². The van der Waals surface area contributed by atoms with Crippen LogP contribution >= 0.6 is 0 Å². The van der Waals surface area contributed by atoms with E-state index < -0.39 is 23.1 Å². The Hall–Kier alpha value is -1.59. The van der Waals surface area contributed by atoms with Gasteiger partial charge in [-0.2, -0.15) is 0 Å². The summed E-state index contributed by atoms with van der Waals surface area (Å²) in [6.45, 7) is 2.13. The third-order valence-corrected chi connectivity index (χ3v) is 4.93. The second kappa shape index (κ2) is 4.45. The molecule has 0 spiro atoms. The molecule has 0 aromatic carbocycles. The van der Waals surface area contributed by atoms with Gasteiger partial charge in [-0.25, -0.2) is 13.2 Å². The lowest BCUT2D eigenvalue weighted by atomic mass is 9.80. The number of hydrogen-bond donors (Lipinski definition) is 0. The number of nitrogens with zero attached hydrogens (tertiary/aromatic N) is 2. The first-order chi connectivity index (χ1) is 9.74. The van der Waals surface area contributed by atoms with Crippen molar-refractivity contribution >= 4 is 5.91 Å². The van der Waals surface area contributed by atoms with Gasteiger partial charge in [0.2, 0.25) is 5.91 Å². The lowest BCUT2D eigenvalue weighted by Crippen LogP contribution is -2.44. The van der Waals surface area contributed by atoms with Crippen LogP contribution in [0.5, 0.6) is 0 Å². The number of fused-ring (bicyclic) bond motifs is 1. The average Bonchev–Trinajstić information content (AvgIpc) is 2.89. The van der Waals surface area contributed by atoms with Gasteiger partial charge in [-0.05, 0) is 37.8 Å². The highest BCUT2D eigenvalue weighted by Crippen LogP contribution is 2.54. The number of carbonyl (C=O) groups excluding carboxylic acids is 1. The topological polar surface area (TPSA) is 33.2 Å². The normalized spacial score (nSPS) is 32.6. The van der Waals surface area contributed by atoms with Crippen LogP contribution in [0.15, 0.2) is 18.5 Å². The van der Waals surface area contributed by atoms with E-state index in [4.69, 9.17) is 0 Å². The van der Waals surface area contributed by atoms with Gasteiger partial charge in [0, 0.05) is 19.2 Å². The molecular formula is C15H17F3N2O. The minimum Gasteiger partial charge on any atom is -0.332 e. The van der Waals surface area contributed by atoms with Crippen LogP contribution in [-0.2, 0) is 4.79 Å². The Bertz CT molecular complexity index is 587. The first-order valence-corrected chi connectivity index (χ1v) is 7.05. The highest BCUT2D eigenvalue weighted by atomic mass is 19.3. The molecule has 0 radical (unpaired) electrons. The van der Waals surface area contributed by atoms with Gasteiger partial charge in [-0.1, -0.05) is 0 Å². The summed E-state index contributed by atoms with van der Waals surface area (Å²) in [6.07, 6.45) is 4.06. The fourth-order valence-electron chi connectivity index (χ4n) is 3.54. The van der Waals surface area contributed by atoms with Crippen LogP contribution in [0.1, 0.15) is 44.7 Å². The smallest absolute Gasteiger partial charge is 0.259 e. The molecule has 0 N–H and O–H groups in total. The Morgan fingerprint density at radius 2 is 2.10 bits per heavy atom. The molecule has 0 bridgehead atoms. The van der Waals surface area contributed by atoms with Crippen LogP contribution in [-0.4, -0.2) is 27.8 Å². The largest absolute Gasteiger partial charge is 0.332 e. The zero-order chi connectivity index (χ0) is 15.4. The van der Waals surface area contributed by atoms with E-state index in [0.29, 0.717) is 18.4 Å². The molecule has 0 saturated carbocycles. The molecule has 3 atom stereocenters. The summed E-state index contributed by atoms with van der Waals surface area (Å²) in [5.41, 5.74) is -1.09. The predicted octanol–water partition coefficient (Wildman–Crippen LogP) is 3.32. The van der Waals surface area contributed by atoms with Gasteiger partial charge >= 0.3 is 0 Å². The summed E-state index contributed by atoms with van der Waals surface area (Å²) in [5, 5.41) is 0. The Morgan fingerprint density at radius 3 is 2.71 bits per heavy atom. The predicted molar refractivity (Wildman–Crippen MR) is 70.1 cm³/mol. The van der Waals surface area contributed by atoms with Crippen LogP contribution in [0.25, 0.3) is 0 Å². The maximum Gasteiger partial charge on any atom is 0.259 e. The van der Waals surface area contributed by atoms with Crippen LogP contribution < -0.4 is 0 Å². The van der Waals surface area contributed by atoms with E-state index >= 15 is 0 Å². The number of aromatic nitrogens is 1. The van der Waals surface area contributed by atoms with Crippen LogP contribution in [0.3, 0.4) is 0 Å². The third kappa shape index (κ3) is 2.03. The maximum absolute atomic E-state index is 13.8. The lowest BCUT2D eigenvalue weighted by molar-refractivity contribution is -0.156. The van der Waals surface area contributed by atoms with Crippen molar-refractivity contribution in [1.29, 1.82) is 0 Å². The Morgan fingerprint density at radius 1 is 1.38 bits per heavy atom. The molecular weight excluding hydrogens is 281 g/mol. The molecule has 2 unspecified atom stereocenters. The molecule has 1 aromatic heterocycles. The van der Waals surface area contributed by atoms with Crippen molar-refractivity contribution in [3.8, 4) is 0 Å². The van der Waals surface area contributed by atoms with Crippen molar-refractivity contribution in [2.24, 2.45) is 5.41 Å². The van der Waals surface area contributed by atoms with Gasteiger partial charge in [0.25, 0.3) is 5.92 Å². The monoisotopic (exact) mass is 298 g/mol. The summed E-state index contributed by atoms with van der Waals surface area (Å²) in [7, 11) is 0. The van der Waals surface area contributed by atoms with Gasteiger partial charge in [0.05, 0.1) is 12.2 Å². The molecule has 2 fully saturated rings. The third-order valence-electron chi connectivity index (χ3n) is 4.93. The number of carbonyl (C=O) groups is 1. The molecule has 6 heteroatoms. The Labute approximate surface area is 121 Å². The highest BCUT2D eigenvalue weighted by Gasteiger charge is 2.62. The van der Waals surface area contributed by atoms with Crippen molar-refractivity contribution in [2.75, 3.05) is 0 Å². The van der Waals surface area contributed by atoms with Crippen molar-refractivity contribution in [2.45, 2.75) is 51.1 Å². The van der Waals surface area contributed by atoms with E-state index in [-0.39, 0.29) is 18.5 Å². The van der Waals surface area contributed by atoms with Crippen molar-refractivity contribution in [1.82, 2.24) is 9.88 Å². The molecule has 3 rings (SSSR count). The van der Waals surface area contributed by atoms with Gasteiger partial charge in [0.1, 0.15) is 11.2 Å². The second-order valence-corrected chi connectivity index (χ2v) is 6.32. The fourth-order valence-corrected chi connectivity index (χ4v) is 3.54. The van der Waals surface area contributed by atoms with E-state index in [1.807, 2.05) is 0 Å². The number of rotatable bonds is 2. The van der Waals surface area contributed by atoms with E-state index in [2.05, 4.69) is 4.98 Å². The number of pyridine rings is 1. The molecule has 3 heterocycles. The molecule has 2 saturated heterocycles. The quantitative estimate of drug-likeness (QED) is 0.839. The van der Waals surface area contributed by atoms with Crippen LogP contribution in [0.4, 0.5) is 13.2 Å². The lowest BCUT2D eigenvalue weighted by Gasteiger charge is -2.31. The zero-order valence-corrected chi connectivity index (χ0v) is 11.9. The number of amides is 1. The SMILES string of the molecule is CC(F)(F)C1(C)C[C@@H]2CCC(c3cncc(F)c3)N2C1=O. The van der Waals surface area contributed by atoms with Crippen LogP contribution in [0, 0.1) is 11.2 Å². The van der Waals surface area contributed by atoms with Crippen molar-refractivity contribution in [3.05, 3.63) is 29.8 Å². The van der Waals surface area contributed by atoms with E-state index in [1.165, 1.54) is 24.1 Å². The van der Waals surface area contributed by atoms with E-state index in [1.54, 1.807) is 0 Å². The van der Waals surface area contributed by atoms with Gasteiger partial charge < -0.3 is 4.90 Å². The maximum atomic E-state index is 13.8. The van der Waals surface area contributed by atoms with E-state index in [0.717, 1.165) is 13.1 Å². The fraction of sp³-hybridized carbons (Fsp3) is 0.600. The van der Waals surface area contributed by atoms with E-state index in [9.17, 15) is 18.0 Å². The average molecular weight is 298 g/mol.